The molecule has 5 nitrogen and oxygen atoms in total. The molecule has 0 radical (unpaired) electrons. The van der Waals surface area contributed by atoms with E-state index in [1.165, 1.54) is 0 Å². The Kier molecular flexibility index (Phi) is 6.66. The smallest absolute Gasteiger partial charge is 0.275 e. The number of halogens is 1. The van der Waals surface area contributed by atoms with E-state index in [1.54, 1.807) is 4.90 Å². The highest BCUT2D eigenvalue weighted by molar-refractivity contribution is 6.30. The Labute approximate surface area is 193 Å². The van der Waals surface area contributed by atoms with E-state index >= 15 is 0 Å². The van der Waals surface area contributed by atoms with Gasteiger partial charge in [-0.3, -0.25) is 9.69 Å². The molecule has 1 atom stereocenters. The summed E-state index contributed by atoms with van der Waals surface area (Å²) in [7, 11) is 0. The average Bonchev–Trinajstić information content (AvgIpc) is 3.12. The lowest BCUT2D eigenvalue weighted by Crippen LogP contribution is -2.30. The van der Waals surface area contributed by atoms with Gasteiger partial charge >= 0.3 is 0 Å². The molecule has 0 unspecified atom stereocenters. The number of nitrogens with zero attached hydrogens (tertiary/aromatic N) is 1. The van der Waals surface area contributed by atoms with Crippen LogP contribution in [0.4, 0.5) is 11.4 Å². The Hall–Kier alpha value is -3.44. The Bertz CT molecular complexity index is 1090. The molecule has 1 N–H and O–H groups in total. The summed E-state index contributed by atoms with van der Waals surface area (Å²) < 4.78 is 11.0. The van der Waals surface area contributed by atoms with Crippen molar-refractivity contribution in [3.05, 3.63) is 95.2 Å². The van der Waals surface area contributed by atoms with Crippen molar-refractivity contribution in [3.8, 4) is 11.5 Å². The van der Waals surface area contributed by atoms with Crippen LogP contribution in [-0.4, -0.2) is 19.1 Å². The van der Waals surface area contributed by atoms with Gasteiger partial charge in [-0.1, -0.05) is 23.7 Å². The van der Waals surface area contributed by atoms with Crippen molar-refractivity contribution in [1.82, 2.24) is 0 Å². The first kappa shape index (κ1) is 21.8. The third kappa shape index (κ3) is 4.73. The second-order valence-corrected chi connectivity index (χ2v) is 7.70. The van der Waals surface area contributed by atoms with E-state index in [0.717, 1.165) is 28.4 Å². The molecule has 4 rings (SSSR count). The van der Waals surface area contributed by atoms with Crippen LogP contribution in [0, 0.1) is 0 Å². The van der Waals surface area contributed by atoms with Gasteiger partial charge in [0.05, 0.1) is 19.3 Å². The highest BCUT2D eigenvalue weighted by Gasteiger charge is 2.34. The van der Waals surface area contributed by atoms with Gasteiger partial charge in [-0.05, 0) is 86.2 Å². The number of benzene rings is 3. The van der Waals surface area contributed by atoms with Crippen LogP contribution < -0.4 is 19.7 Å². The van der Waals surface area contributed by atoms with Gasteiger partial charge in [-0.2, -0.15) is 0 Å². The van der Waals surface area contributed by atoms with Crippen LogP contribution in [0.3, 0.4) is 0 Å². The SMILES string of the molecule is CCOc1ccc(NC2=C[C@H](c3ccc(Cl)cc3)N(c3ccc(OCC)cc3)C2=O)cc1. The zero-order valence-electron chi connectivity index (χ0n) is 18.0. The maximum atomic E-state index is 13.5. The molecule has 32 heavy (non-hydrogen) atoms. The normalized spacial score (nSPS) is 15.5. The second kappa shape index (κ2) is 9.79. The van der Waals surface area contributed by atoms with Crippen LogP contribution in [-0.2, 0) is 4.79 Å². The van der Waals surface area contributed by atoms with Gasteiger partial charge in [-0.25, -0.2) is 0 Å². The molecule has 164 valence electrons. The Morgan fingerprint density at radius 3 is 1.97 bits per heavy atom. The minimum absolute atomic E-state index is 0.108. The van der Waals surface area contributed by atoms with Gasteiger partial charge in [0.15, 0.2) is 0 Å². The first-order chi connectivity index (χ1) is 15.6. The van der Waals surface area contributed by atoms with Crippen molar-refractivity contribution in [2.75, 3.05) is 23.4 Å². The molecule has 3 aromatic carbocycles. The monoisotopic (exact) mass is 448 g/mol. The molecular weight excluding hydrogens is 424 g/mol. The first-order valence-corrected chi connectivity index (χ1v) is 11.0. The van der Waals surface area contributed by atoms with Gasteiger partial charge in [0.2, 0.25) is 0 Å². The summed E-state index contributed by atoms with van der Waals surface area (Å²) in [6.07, 6.45) is 1.94. The standard InChI is InChI=1S/C26H25ClN2O3/c1-3-31-22-13-9-20(10-14-22)28-24-17-25(18-5-7-19(27)8-6-18)29(26(24)30)21-11-15-23(16-12-21)32-4-2/h5-17,25,28H,3-4H2,1-2H3/t25-/m1/s1. The van der Waals surface area contributed by atoms with Crippen LogP contribution in [0.2, 0.25) is 5.02 Å². The summed E-state index contributed by atoms with van der Waals surface area (Å²) in [5, 5.41) is 3.92. The van der Waals surface area contributed by atoms with Gasteiger partial charge in [-0.15, -0.1) is 0 Å². The molecule has 0 aliphatic carbocycles. The van der Waals surface area contributed by atoms with Crippen molar-refractivity contribution in [2.45, 2.75) is 19.9 Å². The van der Waals surface area contributed by atoms with Crippen LogP contribution in [0.25, 0.3) is 0 Å². The van der Waals surface area contributed by atoms with Crippen LogP contribution in [0.5, 0.6) is 11.5 Å². The molecule has 1 aliphatic heterocycles. The minimum Gasteiger partial charge on any atom is -0.494 e. The number of amides is 1. The molecule has 0 spiro atoms. The van der Waals surface area contributed by atoms with E-state index in [4.69, 9.17) is 21.1 Å². The van der Waals surface area contributed by atoms with Crippen molar-refractivity contribution in [3.63, 3.8) is 0 Å². The Morgan fingerprint density at radius 2 is 1.41 bits per heavy atom. The molecule has 0 saturated heterocycles. The number of anilines is 2. The molecule has 0 bridgehead atoms. The van der Waals surface area contributed by atoms with Crippen LogP contribution in [0.15, 0.2) is 84.6 Å². The van der Waals surface area contributed by atoms with E-state index in [-0.39, 0.29) is 11.9 Å². The number of hydrogen-bond donors (Lipinski definition) is 1. The van der Waals surface area contributed by atoms with E-state index in [2.05, 4.69) is 5.32 Å². The predicted octanol–water partition coefficient (Wildman–Crippen LogP) is 6.22. The van der Waals surface area contributed by atoms with Gasteiger partial charge in [0, 0.05) is 16.4 Å². The zero-order chi connectivity index (χ0) is 22.5. The van der Waals surface area contributed by atoms with E-state index in [0.29, 0.717) is 23.9 Å². The number of hydrogen-bond acceptors (Lipinski definition) is 4. The van der Waals surface area contributed by atoms with Gasteiger partial charge in [0.1, 0.15) is 17.2 Å². The zero-order valence-corrected chi connectivity index (χ0v) is 18.8. The minimum atomic E-state index is -0.261. The van der Waals surface area contributed by atoms with Gasteiger partial charge < -0.3 is 14.8 Å². The summed E-state index contributed by atoms with van der Waals surface area (Å²) >= 11 is 6.09. The third-order valence-electron chi connectivity index (χ3n) is 5.13. The fourth-order valence-electron chi connectivity index (χ4n) is 3.66. The Balaban J connectivity index is 1.64. The highest BCUT2D eigenvalue weighted by atomic mass is 35.5. The molecule has 6 heteroatoms. The van der Waals surface area contributed by atoms with Crippen LogP contribution in [0.1, 0.15) is 25.5 Å². The predicted molar refractivity (Wildman–Crippen MR) is 129 cm³/mol. The fourth-order valence-corrected chi connectivity index (χ4v) is 3.79. The molecule has 1 heterocycles. The number of carbonyl (C=O) groups is 1. The van der Waals surface area contributed by atoms with Crippen molar-refractivity contribution in [2.24, 2.45) is 0 Å². The van der Waals surface area contributed by atoms with E-state index in [9.17, 15) is 4.79 Å². The molecule has 1 aliphatic rings. The lowest BCUT2D eigenvalue weighted by molar-refractivity contribution is -0.114. The number of nitrogens with one attached hydrogen (secondary N) is 1. The molecule has 3 aromatic rings. The van der Waals surface area contributed by atoms with Crippen molar-refractivity contribution >= 4 is 28.9 Å². The van der Waals surface area contributed by atoms with Gasteiger partial charge in [0.25, 0.3) is 5.91 Å². The summed E-state index contributed by atoms with van der Waals surface area (Å²) in [5.41, 5.74) is 3.10. The highest BCUT2D eigenvalue weighted by Crippen LogP contribution is 2.37. The lowest BCUT2D eigenvalue weighted by atomic mass is 10.1. The molecule has 0 saturated carbocycles. The summed E-state index contributed by atoms with van der Waals surface area (Å²) in [5.74, 6) is 1.45. The summed E-state index contributed by atoms with van der Waals surface area (Å²) in [6.45, 7) is 5.08. The third-order valence-corrected chi connectivity index (χ3v) is 5.39. The number of ether oxygens (including phenoxy) is 2. The van der Waals surface area contributed by atoms with Crippen molar-refractivity contribution < 1.29 is 14.3 Å². The first-order valence-electron chi connectivity index (χ1n) is 10.6. The average molecular weight is 449 g/mol. The maximum absolute atomic E-state index is 13.5. The number of rotatable bonds is 8. The quantitative estimate of drug-likeness (QED) is 0.444. The van der Waals surface area contributed by atoms with Crippen LogP contribution >= 0.6 is 11.6 Å². The maximum Gasteiger partial charge on any atom is 0.275 e. The fraction of sp³-hybridized carbons (Fsp3) is 0.192. The molecule has 0 fully saturated rings. The van der Waals surface area contributed by atoms with Crippen molar-refractivity contribution in [1.29, 1.82) is 0 Å². The second-order valence-electron chi connectivity index (χ2n) is 7.26. The number of carbonyl (C=O) groups excluding carboxylic acids is 1. The molecule has 0 aromatic heterocycles. The van der Waals surface area contributed by atoms with E-state index < -0.39 is 0 Å². The Morgan fingerprint density at radius 1 is 0.844 bits per heavy atom. The summed E-state index contributed by atoms with van der Waals surface area (Å²) in [4.78, 5) is 15.2. The molecule has 1 amide bonds. The molecular formula is C26H25ClN2O3. The largest absolute Gasteiger partial charge is 0.494 e. The topological polar surface area (TPSA) is 50.8 Å². The lowest BCUT2D eigenvalue weighted by Gasteiger charge is -2.25. The van der Waals surface area contributed by atoms with E-state index in [1.807, 2.05) is 92.7 Å². The summed E-state index contributed by atoms with van der Waals surface area (Å²) in [6, 6.07) is 22.4.